The Bertz CT molecular complexity index is 676. The minimum Gasteiger partial charge on any atom is -0.466 e. The summed E-state index contributed by atoms with van der Waals surface area (Å²) in [6, 6.07) is 8.67. The molecule has 1 amide bonds. The van der Waals surface area contributed by atoms with Crippen LogP contribution in [0.1, 0.15) is 35.2 Å². The van der Waals surface area contributed by atoms with E-state index in [-0.39, 0.29) is 18.1 Å². The van der Waals surface area contributed by atoms with E-state index in [2.05, 4.69) is 5.32 Å². The number of hydrogen-bond donors (Lipinski definition) is 1. The van der Waals surface area contributed by atoms with Gasteiger partial charge in [-0.15, -0.1) is 0 Å². The highest BCUT2D eigenvalue weighted by molar-refractivity contribution is 6.30. The van der Waals surface area contributed by atoms with Crippen LogP contribution in [0.25, 0.3) is 0 Å². The van der Waals surface area contributed by atoms with E-state index in [1.807, 2.05) is 0 Å². The van der Waals surface area contributed by atoms with Crippen LogP contribution in [-0.2, 0) is 11.2 Å². The summed E-state index contributed by atoms with van der Waals surface area (Å²) in [6.45, 7) is 3.24. The highest BCUT2D eigenvalue weighted by atomic mass is 35.5. The number of amides is 1. The lowest BCUT2D eigenvalue weighted by molar-refractivity contribution is -0.116. The number of aryl methyl sites for hydroxylation is 2. The molecular formula is C16H16ClNO3. The molecule has 0 bridgehead atoms. The number of ketones is 1. The van der Waals surface area contributed by atoms with Crippen molar-refractivity contribution in [1.82, 2.24) is 0 Å². The number of rotatable bonds is 5. The van der Waals surface area contributed by atoms with Gasteiger partial charge in [-0.25, -0.2) is 0 Å². The van der Waals surface area contributed by atoms with Crippen LogP contribution in [0.2, 0.25) is 5.02 Å². The van der Waals surface area contributed by atoms with Crippen molar-refractivity contribution in [2.45, 2.75) is 26.7 Å². The molecule has 0 aliphatic carbocycles. The van der Waals surface area contributed by atoms with Crippen LogP contribution in [0.4, 0.5) is 5.69 Å². The number of benzene rings is 1. The zero-order chi connectivity index (χ0) is 15.4. The lowest BCUT2D eigenvalue weighted by Gasteiger charge is -2.04. The summed E-state index contributed by atoms with van der Waals surface area (Å²) in [7, 11) is 0. The summed E-state index contributed by atoms with van der Waals surface area (Å²) < 4.78 is 5.47. The van der Waals surface area contributed by atoms with Crippen molar-refractivity contribution in [3.8, 4) is 0 Å². The van der Waals surface area contributed by atoms with Crippen molar-refractivity contribution >= 4 is 29.0 Å². The van der Waals surface area contributed by atoms with Crippen molar-refractivity contribution in [3.63, 3.8) is 0 Å². The Kier molecular flexibility index (Phi) is 4.81. The third-order valence-corrected chi connectivity index (χ3v) is 3.29. The summed E-state index contributed by atoms with van der Waals surface area (Å²) >= 11 is 5.85. The summed E-state index contributed by atoms with van der Waals surface area (Å²) in [6.07, 6.45) is 0.720. The molecule has 0 saturated heterocycles. The van der Waals surface area contributed by atoms with Crippen LogP contribution < -0.4 is 5.32 Å². The fraction of sp³-hybridized carbons (Fsp3) is 0.250. The number of carbonyl (C=O) groups is 2. The fourth-order valence-electron chi connectivity index (χ4n) is 2.04. The Labute approximate surface area is 128 Å². The normalized spacial score (nSPS) is 10.4. The van der Waals surface area contributed by atoms with E-state index >= 15 is 0 Å². The smallest absolute Gasteiger partial charge is 0.224 e. The molecule has 1 N–H and O–H groups in total. The third-order valence-electron chi connectivity index (χ3n) is 3.05. The molecule has 2 aromatic rings. The molecule has 0 spiro atoms. The third kappa shape index (κ3) is 4.20. The lowest BCUT2D eigenvalue weighted by Crippen LogP contribution is -2.12. The number of carbonyl (C=O) groups excluding carboxylic acids is 2. The van der Waals surface area contributed by atoms with E-state index in [4.69, 9.17) is 16.0 Å². The summed E-state index contributed by atoms with van der Waals surface area (Å²) in [5.41, 5.74) is 1.23. The molecule has 0 aliphatic rings. The van der Waals surface area contributed by atoms with Gasteiger partial charge in [0, 0.05) is 23.6 Å². The standard InChI is InChI=1S/C16H16ClNO3/c1-10(19)15-9-14(21-11(15)2)6-7-16(20)18-13-5-3-4-12(17)8-13/h3-5,8-9H,6-7H2,1-2H3,(H,18,20). The minimum atomic E-state index is -0.129. The van der Waals surface area contributed by atoms with Crippen molar-refractivity contribution < 1.29 is 14.0 Å². The molecule has 1 aromatic heterocycles. The highest BCUT2D eigenvalue weighted by Gasteiger charge is 2.12. The van der Waals surface area contributed by atoms with Crippen molar-refractivity contribution in [3.05, 3.63) is 52.4 Å². The number of furan rings is 1. The molecule has 0 aliphatic heterocycles. The molecule has 0 radical (unpaired) electrons. The van der Waals surface area contributed by atoms with Gasteiger partial charge in [-0.3, -0.25) is 9.59 Å². The van der Waals surface area contributed by atoms with Crippen molar-refractivity contribution in [2.24, 2.45) is 0 Å². The van der Waals surface area contributed by atoms with Gasteiger partial charge in [0.1, 0.15) is 11.5 Å². The topological polar surface area (TPSA) is 59.3 Å². The molecule has 0 atom stereocenters. The summed E-state index contributed by atoms with van der Waals surface area (Å²) in [5.74, 6) is 1.06. The molecule has 0 saturated carbocycles. The second-order valence-corrected chi connectivity index (χ2v) is 5.23. The van der Waals surface area contributed by atoms with Crippen LogP contribution in [-0.4, -0.2) is 11.7 Å². The molecule has 5 heteroatoms. The first-order valence-electron chi connectivity index (χ1n) is 6.61. The zero-order valence-electron chi connectivity index (χ0n) is 11.9. The molecule has 110 valence electrons. The van der Waals surface area contributed by atoms with Gasteiger partial charge < -0.3 is 9.73 Å². The Morgan fingerprint density at radius 3 is 2.67 bits per heavy atom. The number of halogens is 1. The number of nitrogens with one attached hydrogen (secondary N) is 1. The predicted molar refractivity (Wildman–Crippen MR) is 81.9 cm³/mol. The number of Topliss-reactive ketones (excluding diaryl/α,β-unsaturated/α-hetero) is 1. The average Bonchev–Trinajstić information content (AvgIpc) is 2.78. The van der Waals surface area contributed by atoms with E-state index in [1.54, 1.807) is 37.3 Å². The van der Waals surface area contributed by atoms with Gasteiger partial charge in [0.05, 0.1) is 5.56 Å². The van der Waals surface area contributed by atoms with Crippen LogP contribution >= 0.6 is 11.6 Å². The first-order chi connectivity index (χ1) is 9.95. The molecule has 0 unspecified atom stereocenters. The SMILES string of the molecule is CC(=O)c1cc(CCC(=O)Nc2cccc(Cl)c2)oc1C. The molecule has 1 heterocycles. The fourth-order valence-corrected chi connectivity index (χ4v) is 2.23. The summed E-state index contributed by atoms with van der Waals surface area (Å²) in [5, 5.41) is 3.34. The molecular weight excluding hydrogens is 290 g/mol. The first kappa shape index (κ1) is 15.3. The maximum Gasteiger partial charge on any atom is 0.224 e. The van der Waals surface area contributed by atoms with E-state index in [9.17, 15) is 9.59 Å². The molecule has 2 rings (SSSR count). The predicted octanol–water partition coefficient (Wildman–Crippen LogP) is 4.02. The molecule has 0 fully saturated rings. The van der Waals surface area contributed by atoms with Crippen molar-refractivity contribution in [2.75, 3.05) is 5.32 Å². The Morgan fingerprint density at radius 1 is 1.29 bits per heavy atom. The molecule has 4 nitrogen and oxygen atoms in total. The zero-order valence-corrected chi connectivity index (χ0v) is 12.7. The van der Waals surface area contributed by atoms with Gasteiger partial charge in [0.25, 0.3) is 0 Å². The lowest BCUT2D eigenvalue weighted by atomic mass is 10.1. The van der Waals surface area contributed by atoms with Gasteiger partial charge in [-0.2, -0.15) is 0 Å². The van der Waals surface area contributed by atoms with Crippen LogP contribution in [0, 0.1) is 6.92 Å². The first-order valence-corrected chi connectivity index (χ1v) is 6.99. The van der Waals surface area contributed by atoms with Gasteiger partial charge in [0.15, 0.2) is 5.78 Å². The van der Waals surface area contributed by atoms with E-state index in [0.717, 1.165) is 0 Å². The number of anilines is 1. The highest BCUT2D eigenvalue weighted by Crippen LogP contribution is 2.18. The van der Waals surface area contributed by atoms with Gasteiger partial charge in [-0.05, 0) is 38.1 Å². The van der Waals surface area contributed by atoms with Crippen LogP contribution in [0.15, 0.2) is 34.7 Å². The summed E-state index contributed by atoms with van der Waals surface area (Å²) in [4.78, 5) is 23.2. The number of hydrogen-bond acceptors (Lipinski definition) is 3. The van der Waals surface area contributed by atoms with E-state index < -0.39 is 0 Å². The Balaban J connectivity index is 1.92. The minimum absolute atomic E-state index is 0.0362. The quantitative estimate of drug-likeness (QED) is 0.849. The van der Waals surface area contributed by atoms with E-state index in [1.165, 1.54) is 6.92 Å². The molecule has 21 heavy (non-hydrogen) atoms. The van der Waals surface area contributed by atoms with Crippen LogP contribution in [0.5, 0.6) is 0 Å². The van der Waals surface area contributed by atoms with Gasteiger partial charge in [-0.1, -0.05) is 17.7 Å². The average molecular weight is 306 g/mol. The monoisotopic (exact) mass is 305 g/mol. The van der Waals surface area contributed by atoms with Gasteiger partial charge in [0.2, 0.25) is 5.91 Å². The van der Waals surface area contributed by atoms with E-state index in [0.29, 0.717) is 34.2 Å². The van der Waals surface area contributed by atoms with Crippen molar-refractivity contribution in [1.29, 1.82) is 0 Å². The molecule has 1 aromatic carbocycles. The second-order valence-electron chi connectivity index (χ2n) is 4.80. The largest absolute Gasteiger partial charge is 0.466 e. The Morgan fingerprint density at radius 2 is 2.05 bits per heavy atom. The van der Waals surface area contributed by atoms with Gasteiger partial charge >= 0.3 is 0 Å². The van der Waals surface area contributed by atoms with Crippen LogP contribution in [0.3, 0.4) is 0 Å². The maximum absolute atomic E-state index is 11.9. The maximum atomic E-state index is 11.9. The second kappa shape index (κ2) is 6.59. The Hall–Kier alpha value is -2.07.